The summed E-state index contributed by atoms with van der Waals surface area (Å²) < 4.78 is 5.27. The lowest BCUT2D eigenvalue weighted by Gasteiger charge is -2.25. The highest BCUT2D eigenvalue weighted by atomic mass is 35.5. The second kappa shape index (κ2) is 9.14. The molecule has 0 bridgehead atoms. The number of morpholine rings is 1. The van der Waals surface area contributed by atoms with E-state index in [-0.39, 0.29) is 18.2 Å². The van der Waals surface area contributed by atoms with E-state index in [2.05, 4.69) is 4.90 Å². The SMILES string of the molecule is Cl.O=C(/C=C/c1ccc(Cl)cc1)CCN1CCOCC1. The molecule has 1 fully saturated rings. The van der Waals surface area contributed by atoms with E-state index in [1.807, 2.05) is 30.3 Å². The lowest BCUT2D eigenvalue weighted by molar-refractivity contribution is -0.115. The van der Waals surface area contributed by atoms with Crippen molar-refractivity contribution in [3.8, 4) is 0 Å². The number of carbonyl (C=O) groups excluding carboxylic acids is 1. The zero-order valence-corrected chi connectivity index (χ0v) is 12.8. The maximum Gasteiger partial charge on any atom is 0.156 e. The third kappa shape index (κ3) is 6.06. The molecule has 1 aliphatic heterocycles. The fourth-order valence-electron chi connectivity index (χ4n) is 1.94. The van der Waals surface area contributed by atoms with Crippen molar-refractivity contribution in [1.29, 1.82) is 0 Å². The standard InChI is InChI=1S/C15H18ClNO2.ClH/c16-14-4-1-13(2-5-14)3-6-15(18)7-8-17-9-11-19-12-10-17;/h1-6H,7-12H2;1H/b6-3+;. The molecule has 0 amide bonds. The summed E-state index contributed by atoms with van der Waals surface area (Å²) in [5, 5.41) is 0.704. The van der Waals surface area contributed by atoms with E-state index in [1.165, 1.54) is 0 Å². The van der Waals surface area contributed by atoms with Crippen LogP contribution in [0.2, 0.25) is 5.02 Å². The Hall–Kier alpha value is -0.870. The van der Waals surface area contributed by atoms with Gasteiger partial charge in [-0.3, -0.25) is 9.69 Å². The molecule has 0 unspecified atom stereocenters. The predicted molar refractivity (Wildman–Crippen MR) is 84.6 cm³/mol. The maximum atomic E-state index is 11.8. The van der Waals surface area contributed by atoms with Crippen molar-refractivity contribution >= 4 is 35.9 Å². The minimum Gasteiger partial charge on any atom is -0.379 e. The molecule has 20 heavy (non-hydrogen) atoms. The number of rotatable bonds is 5. The van der Waals surface area contributed by atoms with Gasteiger partial charge in [-0.15, -0.1) is 12.4 Å². The lowest BCUT2D eigenvalue weighted by atomic mass is 10.1. The summed E-state index contributed by atoms with van der Waals surface area (Å²) in [5.41, 5.74) is 0.990. The molecule has 0 N–H and O–H groups in total. The highest BCUT2D eigenvalue weighted by Crippen LogP contribution is 2.10. The van der Waals surface area contributed by atoms with Gasteiger partial charge in [0.1, 0.15) is 0 Å². The first-order valence-corrected chi connectivity index (χ1v) is 6.88. The van der Waals surface area contributed by atoms with Gasteiger partial charge < -0.3 is 4.74 Å². The van der Waals surface area contributed by atoms with E-state index < -0.39 is 0 Å². The van der Waals surface area contributed by atoms with Crippen molar-refractivity contribution in [2.24, 2.45) is 0 Å². The normalized spacial score (nSPS) is 16.1. The van der Waals surface area contributed by atoms with Crippen molar-refractivity contribution in [2.45, 2.75) is 6.42 Å². The first-order chi connectivity index (χ1) is 9.24. The Morgan fingerprint density at radius 1 is 1.25 bits per heavy atom. The second-order valence-corrected chi connectivity index (χ2v) is 4.99. The van der Waals surface area contributed by atoms with Crippen molar-refractivity contribution in [3.05, 3.63) is 40.9 Å². The fourth-order valence-corrected chi connectivity index (χ4v) is 2.07. The van der Waals surface area contributed by atoms with Crippen LogP contribution in [0.4, 0.5) is 0 Å². The van der Waals surface area contributed by atoms with Crippen LogP contribution in [0.5, 0.6) is 0 Å². The van der Waals surface area contributed by atoms with Gasteiger partial charge in [0.05, 0.1) is 13.2 Å². The highest BCUT2D eigenvalue weighted by Gasteiger charge is 2.10. The van der Waals surface area contributed by atoms with Crippen LogP contribution in [0.15, 0.2) is 30.3 Å². The van der Waals surface area contributed by atoms with Crippen molar-refractivity contribution in [3.63, 3.8) is 0 Å². The lowest BCUT2D eigenvalue weighted by Crippen LogP contribution is -2.37. The monoisotopic (exact) mass is 315 g/mol. The maximum absolute atomic E-state index is 11.8. The first-order valence-electron chi connectivity index (χ1n) is 6.50. The molecule has 1 aliphatic rings. The molecule has 0 aromatic heterocycles. The zero-order valence-electron chi connectivity index (χ0n) is 11.3. The number of halogens is 2. The van der Waals surface area contributed by atoms with Crippen LogP contribution in [0.25, 0.3) is 6.08 Å². The van der Waals surface area contributed by atoms with Crippen LogP contribution in [0, 0.1) is 0 Å². The Kier molecular flexibility index (Phi) is 7.85. The Labute approximate surface area is 131 Å². The molecule has 0 atom stereocenters. The molecule has 5 heteroatoms. The molecule has 1 saturated heterocycles. The molecule has 3 nitrogen and oxygen atoms in total. The first kappa shape index (κ1) is 17.2. The summed E-state index contributed by atoms with van der Waals surface area (Å²) in [6.07, 6.45) is 4.03. The molecular weight excluding hydrogens is 297 g/mol. The number of hydrogen-bond donors (Lipinski definition) is 0. The average molecular weight is 316 g/mol. The Bertz CT molecular complexity index is 440. The van der Waals surface area contributed by atoms with Gasteiger partial charge in [-0.2, -0.15) is 0 Å². The van der Waals surface area contributed by atoms with Gasteiger partial charge in [0, 0.05) is 31.1 Å². The van der Waals surface area contributed by atoms with Crippen LogP contribution in [-0.2, 0) is 9.53 Å². The third-order valence-corrected chi connectivity index (χ3v) is 3.36. The Balaban J connectivity index is 0.00000200. The van der Waals surface area contributed by atoms with E-state index in [9.17, 15) is 4.79 Å². The van der Waals surface area contributed by atoms with Crippen LogP contribution in [0.1, 0.15) is 12.0 Å². The number of hydrogen-bond acceptors (Lipinski definition) is 3. The Morgan fingerprint density at radius 3 is 2.55 bits per heavy atom. The third-order valence-electron chi connectivity index (χ3n) is 3.11. The van der Waals surface area contributed by atoms with Crippen molar-refractivity contribution in [2.75, 3.05) is 32.8 Å². The highest BCUT2D eigenvalue weighted by molar-refractivity contribution is 6.30. The van der Waals surface area contributed by atoms with Crippen molar-refractivity contribution < 1.29 is 9.53 Å². The topological polar surface area (TPSA) is 29.5 Å². The molecule has 2 rings (SSSR count). The van der Waals surface area contributed by atoms with Crippen molar-refractivity contribution in [1.82, 2.24) is 4.90 Å². The number of allylic oxidation sites excluding steroid dienone is 1. The summed E-state index contributed by atoms with van der Waals surface area (Å²) >= 11 is 5.80. The average Bonchev–Trinajstić information content (AvgIpc) is 2.45. The quantitative estimate of drug-likeness (QED) is 0.782. The van der Waals surface area contributed by atoms with Crippen LogP contribution in [0.3, 0.4) is 0 Å². The van der Waals surface area contributed by atoms with E-state index in [4.69, 9.17) is 16.3 Å². The predicted octanol–water partition coefficient (Wildman–Crippen LogP) is 3.07. The van der Waals surface area contributed by atoms with Crippen LogP contribution < -0.4 is 0 Å². The molecule has 0 aliphatic carbocycles. The molecule has 0 saturated carbocycles. The molecule has 1 aromatic carbocycles. The fraction of sp³-hybridized carbons (Fsp3) is 0.400. The van der Waals surface area contributed by atoms with Gasteiger partial charge in [-0.05, 0) is 23.8 Å². The van der Waals surface area contributed by atoms with Gasteiger partial charge >= 0.3 is 0 Å². The molecule has 1 aromatic rings. The number of ether oxygens (including phenoxy) is 1. The van der Waals surface area contributed by atoms with Gasteiger partial charge in [0.15, 0.2) is 5.78 Å². The summed E-state index contributed by atoms with van der Waals surface area (Å²) in [6, 6.07) is 7.43. The minimum atomic E-state index is 0. The van der Waals surface area contributed by atoms with Gasteiger partial charge in [0.25, 0.3) is 0 Å². The number of ketones is 1. The molecule has 0 spiro atoms. The molecule has 0 radical (unpaired) electrons. The summed E-state index contributed by atoms with van der Waals surface area (Å²) in [4.78, 5) is 14.0. The van der Waals surface area contributed by atoms with Gasteiger partial charge in [-0.1, -0.05) is 29.8 Å². The molecule has 110 valence electrons. The number of benzene rings is 1. The van der Waals surface area contributed by atoms with Crippen LogP contribution in [-0.4, -0.2) is 43.5 Å². The van der Waals surface area contributed by atoms with E-state index >= 15 is 0 Å². The van der Waals surface area contributed by atoms with E-state index in [0.29, 0.717) is 11.4 Å². The van der Waals surface area contributed by atoms with Gasteiger partial charge in [-0.25, -0.2) is 0 Å². The number of nitrogens with zero attached hydrogens (tertiary/aromatic N) is 1. The minimum absolute atomic E-state index is 0. The largest absolute Gasteiger partial charge is 0.379 e. The Morgan fingerprint density at radius 2 is 1.90 bits per heavy atom. The second-order valence-electron chi connectivity index (χ2n) is 4.56. The van der Waals surface area contributed by atoms with Gasteiger partial charge in [0.2, 0.25) is 0 Å². The number of carbonyl (C=O) groups is 1. The molecule has 1 heterocycles. The van der Waals surface area contributed by atoms with Crippen LogP contribution >= 0.6 is 24.0 Å². The molecular formula is C15H19Cl2NO2. The summed E-state index contributed by atoms with van der Waals surface area (Å²) in [5.74, 6) is 0.154. The summed E-state index contributed by atoms with van der Waals surface area (Å²) in [7, 11) is 0. The van der Waals surface area contributed by atoms with E-state index in [0.717, 1.165) is 38.4 Å². The van der Waals surface area contributed by atoms with E-state index in [1.54, 1.807) is 6.08 Å². The smallest absolute Gasteiger partial charge is 0.156 e. The summed E-state index contributed by atoms with van der Waals surface area (Å²) in [6.45, 7) is 4.21. The zero-order chi connectivity index (χ0) is 13.5.